The van der Waals surface area contributed by atoms with Crippen LogP contribution in [0.2, 0.25) is 0 Å². The number of carbonyl (C=O) groups excluding carboxylic acids is 2. The molecule has 0 fully saturated rings. The van der Waals surface area contributed by atoms with Crippen LogP contribution in [-0.2, 0) is 14.3 Å². The van der Waals surface area contributed by atoms with Crippen molar-refractivity contribution in [2.75, 3.05) is 17.7 Å². The molecule has 23 heavy (non-hydrogen) atoms. The molecule has 2 aliphatic rings. The lowest BCUT2D eigenvalue weighted by molar-refractivity contribution is -0.119. The van der Waals surface area contributed by atoms with E-state index in [1.54, 1.807) is 26.8 Å². The predicted octanol–water partition coefficient (Wildman–Crippen LogP) is 3.63. The third-order valence-electron chi connectivity index (χ3n) is 3.57. The van der Waals surface area contributed by atoms with Crippen LogP contribution in [0.4, 0.5) is 10.5 Å². The van der Waals surface area contributed by atoms with Gasteiger partial charge in [0.1, 0.15) is 14.7 Å². The van der Waals surface area contributed by atoms with Crippen LogP contribution in [0.5, 0.6) is 0 Å². The van der Waals surface area contributed by atoms with Crippen LogP contribution in [0.25, 0.3) is 0 Å². The number of ether oxygens (including phenoxy) is 1. The SMILES string of the molecule is CSC1=NC[C@]2(S1)C(=O)N(C(=O)OC(C)(C)C)c1ccccc12. The van der Waals surface area contributed by atoms with Crippen LogP contribution in [0.15, 0.2) is 29.3 Å². The molecule has 1 atom stereocenters. The number of aliphatic imine (C=N–C) groups is 1. The van der Waals surface area contributed by atoms with Gasteiger partial charge in [0.05, 0.1) is 12.2 Å². The highest BCUT2D eigenvalue weighted by Crippen LogP contribution is 2.53. The topological polar surface area (TPSA) is 59.0 Å². The highest BCUT2D eigenvalue weighted by atomic mass is 32.2. The molecule has 7 heteroatoms. The molecule has 1 aromatic carbocycles. The van der Waals surface area contributed by atoms with Gasteiger partial charge < -0.3 is 4.74 Å². The summed E-state index contributed by atoms with van der Waals surface area (Å²) in [7, 11) is 0. The van der Waals surface area contributed by atoms with E-state index in [9.17, 15) is 9.59 Å². The van der Waals surface area contributed by atoms with E-state index in [-0.39, 0.29) is 5.91 Å². The summed E-state index contributed by atoms with van der Waals surface area (Å²) in [6, 6.07) is 7.37. The van der Waals surface area contributed by atoms with Gasteiger partial charge >= 0.3 is 6.09 Å². The van der Waals surface area contributed by atoms with Crippen molar-refractivity contribution in [1.29, 1.82) is 0 Å². The first kappa shape index (κ1) is 16.4. The van der Waals surface area contributed by atoms with E-state index in [0.717, 1.165) is 14.8 Å². The number of fused-ring (bicyclic) bond motifs is 2. The number of benzene rings is 1. The molecular weight excluding hydrogens is 332 g/mol. The van der Waals surface area contributed by atoms with E-state index in [1.165, 1.54) is 23.5 Å². The lowest BCUT2D eigenvalue weighted by Gasteiger charge is -2.25. The highest BCUT2D eigenvalue weighted by molar-refractivity contribution is 8.39. The second kappa shape index (κ2) is 5.56. The van der Waals surface area contributed by atoms with E-state index in [4.69, 9.17) is 4.74 Å². The highest BCUT2D eigenvalue weighted by Gasteiger charge is 2.57. The smallest absolute Gasteiger partial charge is 0.421 e. The van der Waals surface area contributed by atoms with Crippen molar-refractivity contribution in [3.05, 3.63) is 29.8 Å². The second-order valence-electron chi connectivity index (χ2n) is 6.35. The second-order valence-corrected chi connectivity index (χ2v) is 8.69. The molecule has 3 rings (SSSR count). The fourth-order valence-electron chi connectivity index (χ4n) is 2.65. The van der Waals surface area contributed by atoms with E-state index in [0.29, 0.717) is 12.2 Å². The first-order valence-corrected chi connectivity index (χ1v) is 9.27. The summed E-state index contributed by atoms with van der Waals surface area (Å²) in [6.45, 7) is 5.70. The zero-order valence-electron chi connectivity index (χ0n) is 13.5. The average molecular weight is 350 g/mol. The number of hydrogen-bond acceptors (Lipinski definition) is 6. The summed E-state index contributed by atoms with van der Waals surface area (Å²) in [4.78, 5) is 31.3. The van der Waals surface area contributed by atoms with Crippen LogP contribution in [-0.4, -0.2) is 34.8 Å². The van der Waals surface area contributed by atoms with Gasteiger partial charge in [0.25, 0.3) is 5.91 Å². The maximum absolute atomic E-state index is 13.1. The quantitative estimate of drug-likeness (QED) is 0.715. The molecular formula is C16H18N2O3S2. The van der Waals surface area contributed by atoms with Gasteiger partial charge in [-0.3, -0.25) is 9.79 Å². The average Bonchev–Trinajstić information content (AvgIpc) is 3.00. The predicted molar refractivity (Wildman–Crippen MR) is 95.2 cm³/mol. The summed E-state index contributed by atoms with van der Waals surface area (Å²) in [5.41, 5.74) is 0.761. The monoisotopic (exact) mass is 350 g/mol. The Labute approximate surface area is 143 Å². The van der Waals surface area contributed by atoms with Crippen molar-refractivity contribution >= 4 is 45.6 Å². The summed E-state index contributed by atoms with van der Waals surface area (Å²) in [6.07, 6.45) is 1.30. The molecule has 0 aromatic heterocycles. The number of para-hydroxylation sites is 1. The molecule has 0 N–H and O–H groups in total. The van der Waals surface area contributed by atoms with Gasteiger partial charge in [0.15, 0.2) is 0 Å². The van der Waals surface area contributed by atoms with Crippen molar-refractivity contribution in [2.45, 2.75) is 31.1 Å². The maximum atomic E-state index is 13.1. The molecule has 2 heterocycles. The van der Waals surface area contributed by atoms with E-state index >= 15 is 0 Å². The molecule has 0 bridgehead atoms. The van der Waals surface area contributed by atoms with Gasteiger partial charge in [0.2, 0.25) is 0 Å². The largest absolute Gasteiger partial charge is 0.443 e. The summed E-state index contributed by atoms with van der Waals surface area (Å²) >= 11 is 2.94. The minimum Gasteiger partial charge on any atom is -0.443 e. The van der Waals surface area contributed by atoms with Crippen molar-refractivity contribution < 1.29 is 14.3 Å². The van der Waals surface area contributed by atoms with E-state index in [2.05, 4.69) is 4.99 Å². The molecule has 2 aliphatic heterocycles. The van der Waals surface area contributed by atoms with Crippen molar-refractivity contribution in [3.8, 4) is 0 Å². The molecule has 122 valence electrons. The van der Waals surface area contributed by atoms with Crippen LogP contribution in [0.3, 0.4) is 0 Å². The number of nitrogens with zero attached hydrogens (tertiary/aromatic N) is 2. The molecule has 0 radical (unpaired) electrons. The Morgan fingerprint density at radius 3 is 2.70 bits per heavy atom. The van der Waals surface area contributed by atoms with Crippen molar-refractivity contribution in [1.82, 2.24) is 0 Å². The zero-order valence-corrected chi connectivity index (χ0v) is 15.1. The fraction of sp³-hybridized carbons (Fsp3) is 0.438. The molecule has 1 aromatic rings. The van der Waals surface area contributed by atoms with Crippen molar-refractivity contribution in [2.24, 2.45) is 4.99 Å². The first-order valence-electron chi connectivity index (χ1n) is 7.23. The van der Waals surface area contributed by atoms with Crippen LogP contribution >= 0.6 is 23.5 Å². The fourth-order valence-corrected chi connectivity index (χ4v) is 4.62. The number of thioether (sulfide) groups is 2. The zero-order chi connectivity index (χ0) is 16.8. The number of hydrogen-bond donors (Lipinski definition) is 0. The Balaban J connectivity index is 2.02. The molecule has 0 saturated carbocycles. The Morgan fingerprint density at radius 2 is 2.09 bits per heavy atom. The lowest BCUT2D eigenvalue weighted by Crippen LogP contribution is -2.44. The number of amides is 2. The van der Waals surface area contributed by atoms with Gasteiger partial charge in [0, 0.05) is 5.56 Å². The summed E-state index contributed by atoms with van der Waals surface area (Å²) < 4.78 is 5.44. The van der Waals surface area contributed by atoms with Crippen molar-refractivity contribution in [3.63, 3.8) is 0 Å². The van der Waals surface area contributed by atoms with Gasteiger partial charge in [-0.15, -0.1) is 11.8 Å². The van der Waals surface area contributed by atoms with Gasteiger partial charge in [-0.1, -0.05) is 30.0 Å². The Kier molecular flexibility index (Phi) is 3.96. The molecule has 1 spiro atoms. The summed E-state index contributed by atoms with van der Waals surface area (Å²) in [5, 5.41) is 0. The Bertz CT molecular complexity index is 712. The standard InChI is InChI=1S/C16H18N2O3S2/c1-15(2,3)21-14(20)18-11-8-6-5-7-10(11)16(12(18)19)9-17-13(22-4)23-16/h5-8H,9H2,1-4H3/t16-/m1/s1. The van der Waals surface area contributed by atoms with Gasteiger partial charge in [-0.05, 0) is 33.1 Å². The molecule has 5 nitrogen and oxygen atoms in total. The minimum absolute atomic E-state index is 0.272. The minimum atomic E-state index is -0.841. The van der Waals surface area contributed by atoms with Crippen LogP contribution < -0.4 is 4.90 Å². The van der Waals surface area contributed by atoms with Gasteiger partial charge in [-0.25, -0.2) is 9.69 Å². The van der Waals surface area contributed by atoms with Gasteiger partial charge in [-0.2, -0.15) is 0 Å². The third-order valence-corrected chi connectivity index (χ3v) is 5.98. The number of anilines is 1. The molecule has 0 saturated heterocycles. The molecule has 2 amide bonds. The van der Waals surface area contributed by atoms with E-state index in [1.807, 2.05) is 24.5 Å². The molecule has 0 unspecified atom stereocenters. The maximum Gasteiger partial charge on any atom is 0.421 e. The third kappa shape index (κ3) is 2.65. The van der Waals surface area contributed by atoms with Crippen LogP contribution in [0.1, 0.15) is 26.3 Å². The van der Waals surface area contributed by atoms with Crippen LogP contribution in [0, 0.1) is 0 Å². The lowest BCUT2D eigenvalue weighted by atomic mass is 10.00. The number of imide groups is 1. The Hall–Kier alpha value is -1.47. The first-order chi connectivity index (χ1) is 10.8. The Morgan fingerprint density at radius 1 is 1.39 bits per heavy atom. The normalized spacial score (nSPS) is 23.2. The number of rotatable bonds is 0. The number of carbonyl (C=O) groups is 2. The molecule has 0 aliphatic carbocycles. The van der Waals surface area contributed by atoms with E-state index < -0.39 is 16.4 Å². The summed E-state index contributed by atoms with van der Waals surface area (Å²) in [5.74, 6) is -0.272.